The highest BCUT2D eigenvalue weighted by Gasteiger charge is 2.34. The number of halogens is 1. The first kappa shape index (κ1) is 20.0. The number of carbonyl (C=O) groups excluding carboxylic acids is 3. The van der Waals surface area contributed by atoms with Gasteiger partial charge in [-0.3, -0.25) is 14.5 Å². The summed E-state index contributed by atoms with van der Waals surface area (Å²) in [7, 11) is 0. The molecule has 0 unspecified atom stereocenters. The number of furan rings is 1. The number of thioether (sulfide) groups is 1. The number of imide groups is 1. The Bertz CT molecular complexity index is 1120. The smallest absolute Gasteiger partial charge is 0.379 e. The molecule has 150 valence electrons. The highest BCUT2D eigenvalue weighted by molar-refractivity contribution is 8.18. The van der Waals surface area contributed by atoms with Crippen molar-refractivity contribution >= 4 is 46.6 Å². The second-order valence-electron chi connectivity index (χ2n) is 6.33. The molecule has 1 saturated heterocycles. The van der Waals surface area contributed by atoms with E-state index in [2.05, 4.69) is 0 Å². The molecule has 0 saturated carbocycles. The summed E-state index contributed by atoms with van der Waals surface area (Å²) in [6, 6.07) is 16.7. The van der Waals surface area contributed by atoms with Crippen molar-refractivity contribution in [3.8, 4) is 5.75 Å². The molecule has 6 nitrogen and oxygen atoms in total. The number of rotatable bonds is 5. The van der Waals surface area contributed by atoms with E-state index in [1.807, 2.05) is 0 Å². The van der Waals surface area contributed by atoms with Crippen molar-refractivity contribution in [2.24, 2.45) is 0 Å². The molecule has 0 spiro atoms. The van der Waals surface area contributed by atoms with E-state index < -0.39 is 5.97 Å². The van der Waals surface area contributed by atoms with Crippen molar-refractivity contribution in [2.75, 3.05) is 0 Å². The molecule has 0 N–H and O–H groups in total. The Morgan fingerprint density at radius 3 is 2.47 bits per heavy atom. The summed E-state index contributed by atoms with van der Waals surface area (Å²) >= 11 is 6.76. The van der Waals surface area contributed by atoms with E-state index in [9.17, 15) is 14.4 Å². The van der Waals surface area contributed by atoms with Crippen LogP contribution in [0.25, 0.3) is 6.08 Å². The number of hydrogen-bond acceptors (Lipinski definition) is 6. The summed E-state index contributed by atoms with van der Waals surface area (Å²) in [5, 5.41) is 0.260. The maximum absolute atomic E-state index is 12.6. The lowest BCUT2D eigenvalue weighted by atomic mass is 10.2. The summed E-state index contributed by atoms with van der Waals surface area (Å²) in [6.07, 6.45) is 3.02. The molecule has 4 rings (SSSR count). The zero-order chi connectivity index (χ0) is 21.1. The predicted molar refractivity (Wildman–Crippen MR) is 113 cm³/mol. The van der Waals surface area contributed by atoms with Gasteiger partial charge in [0.2, 0.25) is 5.76 Å². The van der Waals surface area contributed by atoms with E-state index in [0.29, 0.717) is 21.2 Å². The lowest BCUT2D eigenvalue weighted by Gasteiger charge is -2.12. The first-order valence-electron chi connectivity index (χ1n) is 8.85. The van der Waals surface area contributed by atoms with Gasteiger partial charge in [-0.2, -0.15) is 0 Å². The molecule has 2 heterocycles. The van der Waals surface area contributed by atoms with Crippen molar-refractivity contribution in [1.82, 2.24) is 4.90 Å². The molecule has 0 bridgehead atoms. The number of hydrogen-bond donors (Lipinski definition) is 0. The minimum Gasteiger partial charge on any atom is -0.457 e. The molecule has 1 aliphatic rings. The number of nitrogens with zero attached hydrogens (tertiary/aromatic N) is 1. The third-order valence-electron chi connectivity index (χ3n) is 4.24. The van der Waals surface area contributed by atoms with E-state index in [4.69, 9.17) is 20.8 Å². The number of ether oxygens (including phenoxy) is 1. The van der Waals surface area contributed by atoms with Crippen molar-refractivity contribution in [2.45, 2.75) is 6.54 Å². The first-order valence-corrected chi connectivity index (χ1v) is 10.0. The number of amides is 2. The average Bonchev–Trinajstić information content (AvgIpc) is 3.36. The summed E-state index contributed by atoms with van der Waals surface area (Å²) in [5.41, 5.74) is 1.51. The van der Waals surface area contributed by atoms with Crippen LogP contribution in [0.2, 0.25) is 5.02 Å². The second-order valence-corrected chi connectivity index (χ2v) is 7.76. The molecule has 1 aromatic heterocycles. The molecule has 3 aromatic rings. The Balaban J connectivity index is 1.44. The van der Waals surface area contributed by atoms with Crippen LogP contribution in [0.15, 0.2) is 76.2 Å². The minimum atomic E-state index is -0.601. The zero-order valence-electron chi connectivity index (χ0n) is 15.4. The van der Waals surface area contributed by atoms with Gasteiger partial charge < -0.3 is 9.15 Å². The molecule has 0 radical (unpaired) electrons. The lowest BCUT2D eigenvalue weighted by Crippen LogP contribution is -2.27. The molecule has 0 aliphatic carbocycles. The van der Waals surface area contributed by atoms with Crippen LogP contribution in [0.5, 0.6) is 5.75 Å². The molecular formula is C22H14ClNO5S. The van der Waals surface area contributed by atoms with Crippen molar-refractivity contribution in [3.05, 3.63) is 93.7 Å². The van der Waals surface area contributed by atoms with Gasteiger partial charge in [-0.25, -0.2) is 4.79 Å². The Kier molecular flexibility index (Phi) is 5.74. The Hall–Kier alpha value is -3.29. The summed E-state index contributed by atoms with van der Waals surface area (Å²) < 4.78 is 10.2. The van der Waals surface area contributed by atoms with Crippen LogP contribution in [0.3, 0.4) is 0 Å². The fourth-order valence-corrected chi connectivity index (χ4v) is 3.71. The Morgan fingerprint density at radius 2 is 1.80 bits per heavy atom. The lowest BCUT2D eigenvalue weighted by molar-refractivity contribution is -0.123. The molecule has 1 fully saturated rings. The van der Waals surface area contributed by atoms with Crippen molar-refractivity contribution in [3.63, 3.8) is 0 Å². The van der Waals surface area contributed by atoms with Gasteiger partial charge in [0.25, 0.3) is 11.1 Å². The molecule has 2 aromatic carbocycles. The molecule has 2 amide bonds. The Morgan fingerprint density at radius 1 is 1.07 bits per heavy atom. The van der Waals surface area contributed by atoms with Gasteiger partial charge in [0, 0.05) is 5.02 Å². The Labute approximate surface area is 181 Å². The normalized spacial score (nSPS) is 15.1. The van der Waals surface area contributed by atoms with Gasteiger partial charge in [0.15, 0.2) is 0 Å². The average molecular weight is 440 g/mol. The molecule has 8 heteroatoms. The molecular weight excluding hydrogens is 426 g/mol. The van der Waals surface area contributed by atoms with Gasteiger partial charge in [-0.05, 0) is 65.4 Å². The third-order valence-corrected chi connectivity index (χ3v) is 5.40. The van der Waals surface area contributed by atoms with Crippen LogP contribution in [0.1, 0.15) is 21.7 Å². The highest BCUT2D eigenvalue weighted by Crippen LogP contribution is 2.33. The van der Waals surface area contributed by atoms with Gasteiger partial charge in [0.05, 0.1) is 17.7 Å². The van der Waals surface area contributed by atoms with E-state index in [1.165, 1.54) is 17.2 Å². The van der Waals surface area contributed by atoms with Crippen LogP contribution in [-0.2, 0) is 11.3 Å². The molecule has 30 heavy (non-hydrogen) atoms. The topological polar surface area (TPSA) is 76.8 Å². The summed E-state index contributed by atoms with van der Waals surface area (Å²) in [6.45, 7) is 0.181. The van der Waals surface area contributed by atoms with Crippen LogP contribution in [-0.4, -0.2) is 22.0 Å². The first-order chi connectivity index (χ1) is 14.5. The SMILES string of the molecule is O=C(Oc1ccc(/C=C2\SC(=O)N(Cc3ccc(Cl)cc3)C2=O)cc1)c1ccco1. The fraction of sp³-hybridized carbons (Fsp3) is 0.0455. The quantitative estimate of drug-likeness (QED) is 0.301. The van der Waals surface area contributed by atoms with Crippen LogP contribution >= 0.6 is 23.4 Å². The monoisotopic (exact) mass is 439 g/mol. The predicted octanol–water partition coefficient (Wildman–Crippen LogP) is 5.39. The molecule has 1 aliphatic heterocycles. The minimum absolute atomic E-state index is 0.105. The number of carbonyl (C=O) groups is 3. The maximum atomic E-state index is 12.6. The third kappa shape index (κ3) is 4.48. The van der Waals surface area contributed by atoms with E-state index >= 15 is 0 Å². The van der Waals surface area contributed by atoms with Crippen LogP contribution in [0.4, 0.5) is 4.79 Å². The second kappa shape index (κ2) is 8.61. The standard InChI is InChI=1S/C22H14ClNO5S/c23-16-7-3-15(4-8-16)13-24-20(25)19(30-22(24)27)12-14-5-9-17(10-6-14)29-21(26)18-2-1-11-28-18/h1-12H,13H2/b19-12-. The van der Waals surface area contributed by atoms with Gasteiger partial charge >= 0.3 is 5.97 Å². The maximum Gasteiger partial charge on any atom is 0.379 e. The van der Waals surface area contributed by atoms with E-state index in [1.54, 1.807) is 60.7 Å². The summed E-state index contributed by atoms with van der Waals surface area (Å²) in [5.74, 6) is -0.512. The fourth-order valence-electron chi connectivity index (χ4n) is 2.74. The van der Waals surface area contributed by atoms with Crippen molar-refractivity contribution in [1.29, 1.82) is 0 Å². The summed E-state index contributed by atoms with van der Waals surface area (Å²) in [4.78, 5) is 38.3. The highest BCUT2D eigenvalue weighted by atomic mass is 35.5. The van der Waals surface area contributed by atoms with Crippen molar-refractivity contribution < 1.29 is 23.5 Å². The largest absolute Gasteiger partial charge is 0.457 e. The number of benzene rings is 2. The zero-order valence-corrected chi connectivity index (χ0v) is 17.0. The molecule has 0 atom stereocenters. The van der Waals surface area contributed by atoms with Gasteiger partial charge in [-0.1, -0.05) is 35.9 Å². The van der Waals surface area contributed by atoms with Gasteiger partial charge in [0.1, 0.15) is 5.75 Å². The van der Waals surface area contributed by atoms with Crippen LogP contribution < -0.4 is 4.74 Å². The number of esters is 1. The van der Waals surface area contributed by atoms with Crippen LogP contribution in [0, 0.1) is 0 Å². The van der Waals surface area contributed by atoms with E-state index in [0.717, 1.165) is 17.3 Å². The van der Waals surface area contributed by atoms with E-state index in [-0.39, 0.29) is 23.5 Å². The van der Waals surface area contributed by atoms with Gasteiger partial charge in [-0.15, -0.1) is 0 Å².